The molecule has 5 rings (SSSR count). The maximum absolute atomic E-state index is 5.98. The van der Waals surface area contributed by atoms with Gasteiger partial charge in [-0.25, -0.2) is 4.98 Å². The Balaban J connectivity index is 1.25. The number of anilines is 3. The van der Waals surface area contributed by atoms with Crippen LogP contribution in [0.2, 0.25) is 0 Å². The van der Waals surface area contributed by atoms with E-state index >= 15 is 0 Å². The number of rotatable bonds is 4. The van der Waals surface area contributed by atoms with Gasteiger partial charge in [0.05, 0.1) is 0 Å². The third kappa shape index (κ3) is 4.23. The highest BCUT2D eigenvalue weighted by atomic mass is 32.2. The molecule has 0 bridgehead atoms. The fourth-order valence-electron chi connectivity index (χ4n) is 4.11. The third-order valence-electron chi connectivity index (χ3n) is 5.75. The lowest BCUT2D eigenvalue weighted by Crippen LogP contribution is -2.32. The minimum absolute atomic E-state index is 0.845. The maximum Gasteiger partial charge on any atom is 0.185 e. The number of nitrogens with zero attached hydrogens (tertiary/aromatic N) is 3. The summed E-state index contributed by atoms with van der Waals surface area (Å²) < 4.78 is 0. The van der Waals surface area contributed by atoms with Crippen molar-refractivity contribution in [3.05, 3.63) is 70.2 Å². The summed E-state index contributed by atoms with van der Waals surface area (Å²) in [6.45, 7) is 4.24. The molecule has 1 aromatic heterocycles. The first-order chi connectivity index (χ1) is 14.2. The summed E-state index contributed by atoms with van der Waals surface area (Å²) in [6, 6.07) is 15.4. The van der Waals surface area contributed by atoms with Gasteiger partial charge in [-0.3, -0.25) is 0 Å². The Hall–Kier alpha value is -2.18. The van der Waals surface area contributed by atoms with E-state index in [1.807, 2.05) is 23.6 Å². The number of aromatic nitrogens is 1. The molecule has 0 spiro atoms. The number of fused-ring (bicyclic) bond motifs is 1. The second-order valence-corrected chi connectivity index (χ2v) is 10.1. The molecule has 4 nitrogen and oxygen atoms in total. The number of thioether (sulfide) groups is 1. The van der Waals surface area contributed by atoms with E-state index in [1.165, 1.54) is 38.8 Å². The van der Waals surface area contributed by atoms with Crippen LogP contribution in [0.3, 0.4) is 0 Å². The zero-order chi connectivity index (χ0) is 19.6. The van der Waals surface area contributed by atoms with Gasteiger partial charge in [-0.15, -0.1) is 11.3 Å². The molecule has 2 aliphatic heterocycles. The minimum atomic E-state index is 0.845. The Bertz CT molecular complexity index is 977. The number of nitrogen functional groups attached to an aromatic ring is 1. The largest absolute Gasteiger partial charge is 0.399 e. The van der Waals surface area contributed by atoms with Crippen LogP contribution in [0.25, 0.3) is 0 Å². The van der Waals surface area contributed by atoms with Crippen LogP contribution in [0.15, 0.2) is 48.7 Å². The highest BCUT2D eigenvalue weighted by Gasteiger charge is 2.19. The molecule has 2 N–H and O–H groups in total. The van der Waals surface area contributed by atoms with Crippen LogP contribution >= 0.6 is 23.1 Å². The summed E-state index contributed by atoms with van der Waals surface area (Å²) >= 11 is 3.87. The van der Waals surface area contributed by atoms with Gasteiger partial charge in [-0.05, 0) is 47.4 Å². The molecule has 0 aliphatic carbocycles. The van der Waals surface area contributed by atoms with Crippen LogP contribution in [0.5, 0.6) is 0 Å². The zero-order valence-electron chi connectivity index (χ0n) is 16.5. The van der Waals surface area contributed by atoms with Crippen LogP contribution in [0, 0.1) is 0 Å². The summed E-state index contributed by atoms with van der Waals surface area (Å²) in [5.74, 6) is 2.47. The molecule has 3 heterocycles. The molecule has 6 heteroatoms. The van der Waals surface area contributed by atoms with Crippen molar-refractivity contribution < 1.29 is 0 Å². The number of thiazole rings is 1. The number of nitrogens with two attached hydrogens (primary N) is 1. The van der Waals surface area contributed by atoms with Crippen molar-refractivity contribution in [3.8, 4) is 0 Å². The van der Waals surface area contributed by atoms with Gasteiger partial charge >= 0.3 is 0 Å². The van der Waals surface area contributed by atoms with E-state index in [4.69, 9.17) is 10.7 Å². The van der Waals surface area contributed by atoms with Crippen LogP contribution in [0.4, 0.5) is 16.5 Å². The first-order valence-electron chi connectivity index (χ1n) is 10.2. The van der Waals surface area contributed by atoms with Gasteiger partial charge in [0.15, 0.2) is 5.13 Å². The van der Waals surface area contributed by atoms with Gasteiger partial charge in [0.1, 0.15) is 0 Å². The van der Waals surface area contributed by atoms with Crippen molar-refractivity contribution in [1.82, 2.24) is 4.98 Å². The van der Waals surface area contributed by atoms with E-state index in [9.17, 15) is 0 Å². The molecular formula is C23H26N4S2. The van der Waals surface area contributed by atoms with Gasteiger partial charge < -0.3 is 15.5 Å². The predicted molar refractivity (Wildman–Crippen MR) is 127 cm³/mol. The number of benzene rings is 2. The average molecular weight is 423 g/mol. The van der Waals surface area contributed by atoms with Crippen molar-refractivity contribution in [2.75, 3.05) is 46.7 Å². The number of hydrogen-bond donors (Lipinski definition) is 1. The van der Waals surface area contributed by atoms with Gasteiger partial charge in [0.2, 0.25) is 0 Å². The fourth-order valence-corrected chi connectivity index (χ4v) is 5.98. The summed E-state index contributed by atoms with van der Waals surface area (Å²) in [5, 5.41) is 1.12. The molecule has 29 heavy (non-hydrogen) atoms. The van der Waals surface area contributed by atoms with Gasteiger partial charge in [-0.1, -0.05) is 18.2 Å². The molecule has 3 aromatic rings. The summed E-state index contributed by atoms with van der Waals surface area (Å²) in [5.41, 5.74) is 12.3. The van der Waals surface area contributed by atoms with Gasteiger partial charge in [0, 0.05) is 66.6 Å². The van der Waals surface area contributed by atoms with Crippen LogP contribution in [0.1, 0.15) is 21.6 Å². The highest BCUT2D eigenvalue weighted by molar-refractivity contribution is 7.99. The van der Waals surface area contributed by atoms with Crippen molar-refractivity contribution in [3.63, 3.8) is 0 Å². The maximum atomic E-state index is 5.98. The van der Waals surface area contributed by atoms with Gasteiger partial charge in [-0.2, -0.15) is 11.8 Å². The molecule has 150 valence electrons. The molecule has 0 atom stereocenters. The fraction of sp³-hybridized carbons (Fsp3) is 0.348. The van der Waals surface area contributed by atoms with Crippen LogP contribution in [-0.4, -0.2) is 36.1 Å². The zero-order valence-corrected chi connectivity index (χ0v) is 18.1. The van der Waals surface area contributed by atoms with Crippen LogP contribution < -0.4 is 15.5 Å². The smallest absolute Gasteiger partial charge is 0.185 e. The van der Waals surface area contributed by atoms with E-state index in [0.29, 0.717) is 0 Å². The van der Waals surface area contributed by atoms with E-state index in [-0.39, 0.29) is 0 Å². The first kappa shape index (κ1) is 18.8. The van der Waals surface area contributed by atoms with E-state index < -0.39 is 0 Å². The minimum Gasteiger partial charge on any atom is -0.399 e. The van der Waals surface area contributed by atoms with Crippen molar-refractivity contribution in [2.45, 2.75) is 19.4 Å². The molecule has 0 radical (unpaired) electrons. The molecule has 1 saturated heterocycles. The highest BCUT2D eigenvalue weighted by Crippen LogP contribution is 2.30. The Morgan fingerprint density at radius 2 is 1.76 bits per heavy atom. The topological polar surface area (TPSA) is 45.4 Å². The van der Waals surface area contributed by atoms with Crippen LogP contribution in [-0.2, 0) is 19.4 Å². The predicted octanol–water partition coefficient (Wildman–Crippen LogP) is 4.43. The van der Waals surface area contributed by atoms with Gasteiger partial charge in [0.25, 0.3) is 0 Å². The van der Waals surface area contributed by atoms with E-state index in [1.54, 1.807) is 0 Å². The molecule has 2 aromatic carbocycles. The first-order valence-corrected chi connectivity index (χ1v) is 12.2. The summed E-state index contributed by atoms with van der Waals surface area (Å²) in [6.07, 6.45) is 4.05. The quantitative estimate of drug-likeness (QED) is 0.630. The lowest BCUT2D eigenvalue weighted by atomic mass is 9.99. The monoisotopic (exact) mass is 422 g/mol. The van der Waals surface area contributed by atoms with E-state index in [0.717, 1.165) is 49.8 Å². The molecule has 0 saturated carbocycles. The standard InChI is InChI=1S/C23H26N4S2/c24-20-4-3-18-7-8-27(16-19(18)14-20)23-25-15-22(29-23)13-17-1-5-21(6-2-17)26-9-11-28-12-10-26/h1-6,14-15H,7-13,16,24H2. The second kappa shape index (κ2) is 8.28. The van der Waals surface area contributed by atoms with Crippen molar-refractivity contribution in [2.24, 2.45) is 0 Å². The third-order valence-corrected chi connectivity index (χ3v) is 7.75. The lowest BCUT2D eigenvalue weighted by Gasteiger charge is -2.28. The molecular weight excluding hydrogens is 396 g/mol. The Labute approximate surface area is 180 Å². The SMILES string of the molecule is Nc1ccc2c(c1)CN(c1ncc(Cc3ccc(N4CCSCC4)cc3)s1)CC2. The molecule has 0 amide bonds. The van der Waals surface area contributed by atoms with Crippen molar-refractivity contribution in [1.29, 1.82) is 0 Å². The van der Waals surface area contributed by atoms with E-state index in [2.05, 4.69) is 58.0 Å². The summed E-state index contributed by atoms with van der Waals surface area (Å²) in [4.78, 5) is 10.9. The second-order valence-electron chi connectivity index (χ2n) is 7.75. The lowest BCUT2D eigenvalue weighted by molar-refractivity contribution is 0.729. The molecule has 1 fully saturated rings. The summed E-state index contributed by atoms with van der Waals surface area (Å²) in [7, 11) is 0. The Morgan fingerprint density at radius 1 is 0.931 bits per heavy atom. The molecule has 2 aliphatic rings. The number of hydrogen-bond acceptors (Lipinski definition) is 6. The average Bonchev–Trinajstić information content (AvgIpc) is 3.23. The molecule has 0 unspecified atom stereocenters. The van der Waals surface area contributed by atoms with Crippen molar-refractivity contribution >= 4 is 39.6 Å². The normalized spacial score (nSPS) is 16.7. The Morgan fingerprint density at radius 3 is 2.59 bits per heavy atom. The Kier molecular flexibility index (Phi) is 5.38.